The summed E-state index contributed by atoms with van der Waals surface area (Å²) in [6, 6.07) is 10.5. The third-order valence-electron chi connectivity index (χ3n) is 5.96. The number of nitrogens with zero attached hydrogens (tertiary/aromatic N) is 1. The highest BCUT2D eigenvalue weighted by Crippen LogP contribution is 2.32. The van der Waals surface area contributed by atoms with Gasteiger partial charge in [0.2, 0.25) is 5.91 Å². The first-order valence-electron chi connectivity index (χ1n) is 11.5. The number of halogens is 4. The summed E-state index contributed by atoms with van der Waals surface area (Å²) in [7, 11) is 0. The molecule has 2 N–H and O–H groups in total. The van der Waals surface area contributed by atoms with E-state index in [1.54, 1.807) is 24.3 Å². The summed E-state index contributed by atoms with van der Waals surface area (Å²) in [6.07, 6.45) is 2.04. The molecule has 0 aliphatic heterocycles. The molecule has 0 atom stereocenters. The Kier molecular flexibility index (Phi) is 9.21. The molecular formula is C25H29ClF3N3O2. The molecule has 0 heterocycles. The van der Waals surface area contributed by atoms with Gasteiger partial charge in [-0.25, -0.2) is 4.79 Å². The van der Waals surface area contributed by atoms with Crippen molar-refractivity contribution < 1.29 is 22.8 Å². The molecule has 34 heavy (non-hydrogen) atoms. The third kappa shape index (κ3) is 7.94. The molecule has 1 aliphatic rings. The number of rotatable bonds is 9. The number of carbonyl (C=O) groups is 2. The Morgan fingerprint density at radius 1 is 1.06 bits per heavy atom. The van der Waals surface area contributed by atoms with Crippen molar-refractivity contribution in [2.45, 2.75) is 51.1 Å². The normalized spacial score (nSPS) is 14.1. The van der Waals surface area contributed by atoms with Crippen LogP contribution in [0, 0.1) is 5.92 Å². The summed E-state index contributed by atoms with van der Waals surface area (Å²) in [5.74, 6) is 0.585. The lowest BCUT2D eigenvalue weighted by Crippen LogP contribution is -2.37. The first-order chi connectivity index (χ1) is 16.2. The monoisotopic (exact) mass is 495 g/mol. The van der Waals surface area contributed by atoms with Crippen molar-refractivity contribution in [2.75, 3.05) is 23.3 Å². The van der Waals surface area contributed by atoms with E-state index in [1.807, 2.05) is 0 Å². The van der Waals surface area contributed by atoms with E-state index in [2.05, 4.69) is 10.6 Å². The predicted molar refractivity (Wildman–Crippen MR) is 128 cm³/mol. The van der Waals surface area contributed by atoms with E-state index in [-0.39, 0.29) is 18.1 Å². The van der Waals surface area contributed by atoms with Crippen molar-refractivity contribution in [1.82, 2.24) is 5.32 Å². The van der Waals surface area contributed by atoms with E-state index in [0.717, 1.165) is 18.6 Å². The Morgan fingerprint density at radius 2 is 1.76 bits per heavy atom. The molecule has 0 spiro atoms. The zero-order valence-electron chi connectivity index (χ0n) is 18.8. The van der Waals surface area contributed by atoms with Gasteiger partial charge in [0.1, 0.15) is 0 Å². The van der Waals surface area contributed by atoms with E-state index >= 15 is 0 Å². The van der Waals surface area contributed by atoms with E-state index in [1.165, 1.54) is 42.7 Å². The number of hydrogen-bond acceptors (Lipinski definition) is 2. The lowest BCUT2D eigenvalue weighted by atomic mass is 10.0. The van der Waals surface area contributed by atoms with Crippen LogP contribution >= 0.6 is 11.6 Å². The zero-order valence-corrected chi connectivity index (χ0v) is 19.6. The molecule has 1 fully saturated rings. The first kappa shape index (κ1) is 25.9. The second kappa shape index (κ2) is 12.1. The van der Waals surface area contributed by atoms with Crippen LogP contribution in [0.2, 0.25) is 5.02 Å². The van der Waals surface area contributed by atoms with E-state index in [9.17, 15) is 22.8 Å². The summed E-state index contributed by atoms with van der Waals surface area (Å²) in [4.78, 5) is 26.3. The number of benzene rings is 2. The minimum Gasteiger partial charge on any atom is -0.356 e. The second-order valence-electron chi connectivity index (χ2n) is 8.53. The van der Waals surface area contributed by atoms with Gasteiger partial charge in [0, 0.05) is 35.9 Å². The van der Waals surface area contributed by atoms with Crippen molar-refractivity contribution in [3.8, 4) is 0 Å². The van der Waals surface area contributed by atoms with Gasteiger partial charge >= 0.3 is 12.2 Å². The van der Waals surface area contributed by atoms with Crippen molar-refractivity contribution in [1.29, 1.82) is 0 Å². The fraction of sp³-hybridized carbons (Fsp3) is 0.440. The number of amides is 3. The molecule has 9 heteroatoms. The highest BCUT2D eigenvalue weighted by Gasteiger charge is 2.31. The summed E-state index contributed by atoms with van der Waals surface area (Å²) < 4.78 is 39.7. The molecule has 3 rings (SSSR count). The molecule has 184 valence electrons. The van der Waals surface area contributed by atoms with Gasteiger partial charge in [-0.3, -0.25) is 9.69 Å². The van der Waals surface area contributed by atoms with Gasteiger partial charge in [0.05, 0.1) is 5.56 Å². The third-order valence-corrected chi connectivity index (χ3v) is 6.21. The van der Waals surface area contributed by atoms with Crippen LogP contribution in [-0.4, -0.2) is 25.0 Å². The van der Waals surface area contributed by atoms with Crippen molar-refractivity contribution in [2.24, 2.45) is 5.92 Å². The summed E-state index contributed by atoms with van der Waals surface area (Å²) in [5.41, 5.74) is -0.255. The average molecular weight is 496 g/mol. The van der Waals surface area contributed by atoms with Gasteiger partial charge in [0.15, 0.2) is 0 Å². The van der Waals surface area contributed by atoms with Gasteiger partial charge in [-0.2, -0.15) is 13.2 Å². The fourth-order valence-electron chi connectivity index (χ4n) is 4.11. The van der Waals surface area contributed by atoms with Crippen molar-refractivity contribution >= 4 is 34.9 Å². The Morgan fingerprint density at radius 3 is 2.44 bits per heavy atom. The SMILES string of the molecule is O=C(CCC1CCCC1)NCCCN(C(=O)Nc1ccc(Cl)cc1)c1cccc(C(F)(F)F)c1. The number of alkyl halides is 3. The van der Waals surface area contributed by atoms with Crippen LogP contribution in [0.15, 0.2) is 48.5 Å². The maximum atomic E-state index is 13.2. The van der Waals surface area contributed by atoms with E-state index in [0.29, 0.717) is 36.0 Å². The highest BCUT2D eigenvalue weighted by molar-refractivity contribution is 6.30. The fourth-order valence-corrected chi connectivity index (χ4v) is 4.24. The van der Waals surface area contributed by atoms with Gasteiger partial charge in [-0.05, 0) is 61.2 Å². The van der Waals surface area contributed by atoms with Crippen molar-refractivity contribution in [3.05, 3.63) is 59.1 Å². The van der Waals surface area contributed by atoms with Crippen molar-refractivity contribution in [3.63, 3.8) is 0 Å². The van der Waals surface area contributed by atoms with Gasteiger partial charge in [-0.15, -0.1) is 0 Å². The summed E-state index contributed by atoms with van der Waals surface area (Å²) >= 11 is 5.87. The lowest BCUT2D eigenvalue weighted by Gasteiger charge is -2.24. The summed E-state index contributed by atoms with van der Waals surface area (Å²) in [6.45, 7) is 0.455. The smallest absolute Gasteiger partial charge is 0.356 e. The molecule has 1 saturated carbocycles. The Hall–Kier alpha value is -2.74. The predicted octanol–water partition coefficient (Wildman–Crippen LogP) is 6.87. The molecule has 0 radical (unpaired) electrons. The van der Waals surface area contributed by atoms with Crippen LogP contribution in [0.25, 0.3) is 0 Å². The topological polar surface area (TPSA) is 61.4 Å². The minimum absolute atomic E-state index is 0.0388. The molecule has 2 aromatic rings. The molecule has 5 nitrogen and oxygen atoms in total. The number of nitrogens with one attached hydrogen (secondary N) is 2. The number of anilines is 2. The quantitative estimate of drug-likeness (QED) is 0.373. The summed E-state index contributed by atoms with van der Waals surface area (Å²) in [5, 5.41) is 6.04. The van der Waals surface area contributed by atoms with Crippen LogP contribution < -0.4 is 15.5 Å². The molecule has 3 amide bonds. The molecule has 0 bridgehead atoms. The Labute approximate surface area is 202 Å². The maximum absolute atomic E-state index is 13.2. The maximum Gasteiger partial charge on any atom is 0.416 e. The average Bonchev–Trinajstić information content (AvgIpc) is 3.32. The standard InChI is InChI=1S/C25H29ClF3N3O2/c26-20-10-12-21(13-11-20)31-24(34)32(22-8-3-7-19(17-22)25(27,28)29)16-4-15-30-23(33)14-9-18-5-1-2-6-18/h3,7-8,10-13,17-18H,1-2,4-6,9,14-16H2,(H,30,33)(H,31,34). The molecule has 0 unspecified atom stereocenters. The number of hydrogen-bond donors (Lipinski definition) is 2. The van der Waals surface area contributed by atoms with Gasteiger partial charge < -0.3 is 10.6 Å². The number of urea groups is 1. The molecule has 2 aromatic carbocycles. The molecule has 1 aliphatic carbocycles. The highest BCUT2D eigenvalue weighted by atomic mass is 35.5. The van der Waals surface area contributed by atoms with Crippen LogP contribution in [0.3, 0.4) is 0 Å². The van der Waals surface area contributed by atoms with Crippen LogP contribution in [0.4, 0.5) is 29.3 Å². The minimum atomic E-state index is -4.53. The lowest BCUT2D eigenvalue weighted by molar-refractivity contribution is -0.137. The second-order valence-corrected chi connectivity index (χ2v) is 8.97. The van der Waals surface area contributed by atoms with E-state index in [4.69, 9.17) is 11.6 Å². The van der Waals surface area contributed by atoms with Crippen LogP contribution in [0.1, 0.15) is 50.5 Å². The Balaban J connectivity index is 1.61. The molecular weight excluding hydrogens is 467 g/mol. The zero-order chi connectivity index (χ0) is 24.6. The Bertz CT molecular complexity index is 961. The first-order valence-corrected chi connectivity index (χ1v) is 11.9. The van der Waals surface area contributed by atoms with Crippen LogP contribution in [-0.2, 0) is 11.0 Å². The van der Waals surface area contributed by atoms with E-state index < -0.39 is 17.8 Å². The molecule has 0 aromatic heterocycles. The van der Waals surface area contributed by atoms with Gasteiger partial charge in [-0.1, -0.05) is 43.4 Å². The number of carbonyl (C=O) groups excluding carboxylic acids is 2. The molecule has 0 saturated heterocycles. The van der Waals surface area contributed by atoms with Gasteiger partial charge in [0.25, 0.3) is 0 Å². The largest absolute Gasteiger partial charge is 0.416 e. The van der Waals surface area contributed by atoms with Crippen LogP contribution in [0.5, 0.6) is 0 Å².